The van der Waals surface area contributed by atoms with Crippen molar-refractivity contribution in [2.45, 2.75) is 74.7 Å². The Balaban J connectivity index is 2.04. The molecule has 3 unspecified atom stereocenters. The molecule has 3 aliphatic carbocycles. The van der Waals surface area contributed by atoms with E-state index in [-0.39, 0.29) is 28.2 Å². The first-order valence-electron chi connectivity index (χ1n) is 11.5. The molecule has 1 aromatic rings. The van der Waals surface area contributed by atoms with Gasteiger partial charge in [-0.15, -0.1) is 0 Å². The third kappa shape index (κ3) is 2.63. The maximum absolute atomic E-state index is 14.1. The number of carbonyl (C=O) groups is 3. The maximum Gasteiger partial charge on any atom is 0.190 e. The lowest BCUT2D eigenvalue weighted by Crippen LogP contribution is -2.57. The molecule has 3 aliphatic rings. The van der Waals surface area contributed by atoms with Crippen LogP contribution in [-0.2, 0) is 16.0 Å². The van der Waals surface area contributed by atoms with Crippen LogP contribution < -0.4 is 0 Å². The van der Waals surface area contributed by atoms with E-state index in [1.54, 1.807) is 0 Å². The summed E-state index contributed by atoms with van der Waals surface area (Å²) in [4.78, 5) is 40.3. The van der Waals surface area contributed by atoms with Gasteiger partial charge in [-0.25, -0.2) is 0 Å². The van der Waals surface area contributed by atoms with Gasteiger partial charge in [-0.3, -0.25) is 14.4 Å². The van der Waals surface area contributed by atoms with Crippen LogP contribution in [0.25, 0.3) is 5.57 Å². The summed E-state index contributed by atoms with van der Waals surface area (Å²) in [6.45, 7) is 19.8. The minimum atomic E-state index is -0.866. The molecule has 0 bridgehead atoms. The molecule has 168 valence electrons. The quantitative estimate of drug-likeness (QED) is 0.511. The Hall–Kier alpha value is -2.55. The zero-order valence-corrected chi connectivity index (χ0v) is 20.7. The van der Waals surface area contributed by atoms with Gasteiger partial charge < -0.3 is 0 Å². The van der Waals surface area contributed by atoms with Crippen molar-refractivity contribution in [2.24, 2.45) is 16.2 Å². The highest BCUT2D eigenvalue weighted by Gasteiger charge is 2.63. The first kappa shape index (κ1) is 22.6. The van der Waals surface area contributed by atoms with E-state index in [0.717, 1.165) is 57.4 Å². The number of allylic oxidation sites excluding steroid dienone is 5. The van der Waals surface area contributed by atoms with Crippen LogP contribution in [0, 0.1) is 23.2 Å². The van der Waals surface area contributed by atoms with E-state index in [0.29, 0.717) is 12.0 Å². The van der Waals surface area contributed by atoms with Gasteiger partial charge in [0.15, 0.2) is 17.3 Å². The molecule has 0 spiro atoms. The van der Waals surface area contributed by atoms with E-state index in [2.05, 4.69) is 26.5 Å². The number of benzene rings is 1. The molecule has 1 aromatic carbocycles. The first-order valence-corrected chi connectivity index (χ1v) is 11.5. The minimum Gasteiger partial charge on any atom is -0.294 e. The second-order valence-electron chi connectivity index (χ2n) is 11.2. The van der Waals surface area contributed by atoms with Crippen molar-refractivity contribution in [3.63, 3.8) is 0 Å². The van der Waals surface area contributed by atoms with E-state index < -0.39 is 5.41 Å². The van der Waals surface area contributed by atoms with E-state index in [4.69, 9.17) is 0 Å². The molecule has 0 amide bonds. The van der Waals surface area contributed by atoms with Gasteiger partial charge in [-0.2, -0.15) is 0 Å². The van der Waals surface area contributed by atoms with Crippen molar-refractivity contribution >= 4 is 22.9 Å². The molecule has 0 N–H and O–H groups in total. The van der Waals surface area contributed by atoms with Crippen LogP contribution in [0.3, 0.4) is 0 Å². The maximum atomic E-state index is 14.1. The fraction of sp³-hybridized carbons (Fsp3) is 0.483. The number of hydrogen-bond donors (Lipinski definition) is 0. The van der Waals surface area contributed by atoms with E-state index in [9.17, 15) is 14.4 Å². The third-order valence-electron chi connectivity index (χ3n) is 8.83. The van der Waals surface area contributed by atoms with Gasteiger partial charge in [0.05, 0.1) is 11.0 Å². The van der Waals surface area contributed by atoms with E-state index >= 15 is 0 Å². The standard InChI is InChI=1S/C29H34O3/c1-15(2)20-11-10-16(3)23-21(20)13-27(7)14-28(8)12-17(4)22(19(6)30)26(32)29(28,9)18(5)24(27)25(23)31/h10-11H,1,12-14H2,2-9H3. The largest absolute Gasteiger partial charge is 0.294 e. The second kappa shape index (κ2) is 6.73. The summed E-state index contributed by atoms with van der Waals surface area (Å²) in [5.74, 6) is -0.253. The lowest BCUT2D eigenvalue weighted by Gasteiger charge is -2.59. The van der Waals surface area contributed by atoms with Crippen molar-refractivity contribution in [3.05, 3.63) is 63.3 Å². The zero-order chi connectivity index (χ0) is 24.0. The Labute approximate surface area is 191 Å². The van der Waals surface area contributed by atoms with Gasteiger partial charge >= 0.3 is 0 Å². The highest BCUT2D eigenvalue weighted by Crippen LogP contribution is 2.66. The van der Waals surface area contributed by atoms with Crippen molar-refractivity contribution < 1.29 is 14.4 Å². The highest BCUT2D eigenvalue weighted by atomic mass is 16.2. The van der Waals surface area contributed by atoms with Crippen LogP contribution in [-0.4, -0.2) is 17.3 Å². The number of fused-ring (bicyclic) bond motifs is 3. The number of aryl methyl sites for hydroxylation is 1. The normalized spacial score (nSPS) is 31.9. The van der Waals surface area contributed by atoms with Crippen LogP contribution in [0.15, 0.2) is 41.0 Å². The van der Waals surface area contributed by atoms with Gasteiger partial charge in [0.1, 0.15) is 0 Å². The molecule has 4 rings (SSSR count). The summed E-state index contributed by atoms with van der Waals surface area (Å²) in [7, 11) is 0. The molecule has 0 heterocycles. The zero-order valence-electron chi connectivity index (χ0n) is 20.7. The molecule has 32 heavy (non-hydrogen) atoms. The number of ketones is 3. The molecular formula is C29H34O3. The average Bonchev–Trinajstić information content (AvgIpc) is 2.63. The van der Waals surface area contributed by atoms with E-state index in [1.807, 2.05) is 40.7 Å². The second-order valence-corrected chi connectivity index (χ2v) is 11.2. The molecule has 0 fully saturated rings. The molecule has 0 aliphatic heterocycles. The Kier molecular flexibility index (Phi) is 4.76. The minimum absolute atomic E-state index is 0.0403. The number of Topliss-reactive ketones (excluding diaryl/α,β-unsaturated/α-hetero) is 3. The Morgan fingerprint density at radius 3 is 2.19 bits per heavy atom. The fourth-order valence-electron chi connectivity index (χ4n) is 7.32. The lowest BCUT2D eigenvalue weighted by molar-refractivity contribution is -0.134. The molecule has 3 nitrogen and oxygen atoms in total. The molecule has 3 heteroatoms. The van der Waals surface area contributed by atoms with Gasteiger partial charge in [0.25, 0.3) is 0 Å². The summed E-state index contributed by atoms with van der Waals surface area (Å²) in [5.41, 5.74) is 6.09. The molecular weight excluding hydrogens is 396 g/mol. The number of hydrogen-bond acceptors (Lipinski definition) is 3. The van der Waals surface area contributed by atoms with Crippen molar-refractivity contribution in [1.82, 2.24) is 0 Å². The summed E-state index contributed by atoms with van der Waals surface area (Å²) >= 11 is 0. The Morgan fingerprint density at radius 1 is 1.00 bits per heavy atom. The average molecular weight is 431 g/mol. The molecule has 0 saturated heterocycles. The van der Waals surface area contributed by atoms with Crippen LogP contribution in [0.4, 0.5) is 0 Å². The summed E-state index contributed by atoms with van der Waals surface area (Å²) in [6, 6.07) is 4.08. The van der Waals surface area contributed by atoms with Gasteiger partial charge in [0.2, 0.25) is 0 Å². The van der Waals surface area contributed by atoms with Gasteiger partial charge in [0, 0.05) is 16.6 Å². The summed E-state index contributed by atoms with van der Waals surface area (Å²) in [6.07, 6.45) is 2.17. The van der Waals surface area contributed by atoms with Crippen LogP contribution >= 0.6 is 0 Å². The molecule has 0 aromatic heterocycles. The van der Waals surface area contributed by atoms with Crippen LogP contribution in [0.2, 0.25) is 0 Å². The SMILES string of the molecule is C=C(C)c1ccc(C)c2c1CC1(C)CC3(C)CC(C)=C(C(C)=O)C(=O)C3(C)C(C)=C1C2=O. The topological polar surface area (TPSA) is 51.2 Å². The van der Waals surface area contributed by atoms with Crippen molar-refractivity contribution in [1.29, 1.82) is 0 Å². The third-order valence-corrected chi connectivity index (χ3v) is 8.83. The monoisotopic (exact) mass is 430 g/mol. The van der Waals surface area contributed by atoms with Crippen LogP contribution in [0.5, 0.6) is 0 Å². The molecule has 0 radical (unpaired) electrons. The van der Waals surface area contributed by atoms with Gasteiger partial charge in [-0.1, -0.05) is 49.3 Å². The number of rotatable bonds is 2. The smallest absolute Gasteiger partial charge is 0.190 e. The Morgan fingerprint density at radius 2 is 1.62 bits per heavy atom. The predicted octanol–water partition coefficient (Wildman–Crippen LogP) is 6.38. The van der Waals surface area contributed by atoms with Crippen molar-refractivity contribution in [3.8, 4) is 0 Å². The molecule has 0 saturated carbocycles. The molecule has 3 atom stereocenters. The highest BCUT2D eigenvalue weighted by molar-refractivity contribution is 6.24. The van der Waals surface area contributed by atoms with Gasteiger partial charge in [-0.05, 0) is 82.9 Å². The van der Waals surface area contributed by atoms with Crippen LogP contribution in [0.1, 0.15) is 88.4 Å². The summed E-state index contributed by atoms with van der Waals surface area (Å²) in [5, 5.41) is 0. The van der Waals surface area contributed by atoms with Crippen molar-refractivity contribution in [2.75, 3.05) is 0 Å². The number of carbonyl (C=O) groups excluding carboxylic acids is 3. The summed E-state index contributed by atoms with van der Waals surface area (Å²) < 4.78 is 0. The Bertz CT molecular complexity index is 1210. The fourth-order valence-corrected chi connectivity index (χ4v) is 7.32. The van der Waals surface area contributed by atoms with E-state index in [1.165, 1.54) is 6.92 Å². The first-order chi connectivity index (χ1) is 14.7. The predicted molar refractivity (Wildman–Crippen MR) is 129 cm³/mol. The lowest BCUT2D eigenvalue weighted by atomic mass is 9.42.